The Labute approximate surface area is 129 Å². The third kappa shape index (κ3) is 4.80. The van der Waals surface area contributed by atoms with E-state index in [4.69, 9.17) is 0 Å². The molecule has 0 aromatic rings. The second-order valence-corrected chi connectivity index (χ2v) is 5.91. The van der Waals surface area contributed by atoms with E-state index in [0.29, 0.717) is 22.3 Å². The second kappa shape index (κ2) is 8.76. The molecule has 2 heteroatoms. The smallest absolute Gasteiger partial charge is 0.189 e. The van der Waals surface area contributed by atoms with Crippen LogP contribution in [0.15, 0.2) is 34.4 Å². The largest absolute Gasteiger partial charge is 0.289 e. The summed E-state index contributed by atoms with van der Waals surface area (Å²) in [5, 5.41) is 0. The van der Waals surface area contributed by atoms with Gasteiger partial charge in [0.25, 0.3) is 0 Å². The lowest BCUT2D eigenvalue weighted by molar-refractivity contribution is -0.116. The van der Waals surface area contributed by atoms with Crippen molar-refractivity contribution in [1.82, 2.24) is 0 Å². The van der Waals surface area contributed by atoms with Crippen LogP contribution in [0.4, 0.5) is 0 Å². The Balaban J connectivity index is 2.49. The van der Waals surface area contributed by atoms with Gasteiger partial charge in [0.15, 0.2) is 11.6 Å². The Morgan fingerprint density at radius 1 is 0.762 bits per heavy atom. The highest BCUT2D eigenvalue weighted by atomic mass is 16.1. The zero-order valence-electron chi connectivity index (χ0n) is 13.9. The summed E-state index contributed by atoms with van der Waals surface area (Å²) in [4.78, 5) is 24.2. The van der Waals surface area contributed by atoms with Crippen molar-refractivity contribution in [2.45, 2.75) is 72.6 Å². The molecule has 0 aliphatic heterocycles. The van der Waals surface area contributed by atoms with Crippen molar-refractivity contribution in [2.24, 2.45) is 0 Å². The highest BCUT2D eigenvalue weighted by molar-refractivity contribution is 6.25. The molecule has 0 spiro atoms. The Morgan fingerprint density at radius 2 is 1.33 bits per heavy atom. The van der Waals surface area contributed by atoms with Crippen LogP contribution in [0.1, 0.15) is 72.6 Å². The zero-order chi connectivity index (χ0) is 15.8. The van der Waals surface area contributed by atoms with Crippen molar-refractivity contribution in [3.63, 3.8) is 0 Å². The summed E-state index contributed by atoms with van der Waals surface area (Å²) < 4.78 is 0. The van der Waals surface area contributed by atoms with Gasteiger partial charge in [-0.3, -0.25) is 9.59 Å². The fourth-order valence-corrected chi connectivity index (χ4v) is 2.56. The Bertz CT molecular complexity index is 490. The maximum atomic E-state index is 12.2. The number of carbonyl (C=O) groups excluding carboxylic acids is 2. The van der Waals surface area contributed by atoms with Crippen molar-refractivity contribution in [3.05, 3.63) is 34.4 Å². The first-order chi connectivity index (χ1) is 10.0. The summed E-state index contributed by atoms with van der Waals surface area (Å²) in [6.07, 6.45) is 12.5. The Kier molecular flexibility index (Phi) is 7.35. The third-order valence-corrected chi connectivity index (χ3v) is 4.24. The number of hydrogen-bond donors (Lipinski definition) is 0. The number of carbonyl (C=O) groups is 2. The van der Waals surface area contributed by atoms with Crippen LogP contribution in [0.25, 0.3) is 0 Å². The highest BCUT2D eigenvalue weighted by Gasteiger charge is 2.25. The average Bonchev–Trinajstić information content (AvgIpc) is 2.49. The number of ketones is 2. The zero-order valence-corrected chi connectivity index (χ0v) is 13.9. The normalized spacial score (nSPS) is 16.6. The minimum absolute atomic E-state index is 0.00351. The van der Waals surface area contributed by atoms with Gasteiger partial charge in [-0.2, -0.15) is 0 Å². The van der Waals surface area contributed by atoms with Gasteiger partial charge >= 0.3 is 0 Å². The molecule has 0 unspecified atom stereocenters. The molecule has 116 valence electrons. The van der Waals surface area contributed by atoms with Gasteiger partial charge in [0.2, 0.25) is 0 Å². The first-order valence-corrected chi connectivity index (χ1v) is 8.15. The van der Waals surface area contributed by atoms with Gasteiger partial charge in [0, 0.05) is 22.3 Å². The van der Waals surface area contributed by atoms with Crippen molar-refractivity contribution in [2.75, 3.05) is 0 Å². The molecule has 0 saturated heterocycles. The summed E-state index contributed by atoms with van der Waals surface area (Å²) in [5.41, 5.74) is 2.34. The molecule has 0 fully saturated rings. The van der Waals surface area contributed by atoms with Crippen molar-refractivity contribution in [1.29, 1.82) is 0 Å². The van der Waals surface area contributed by atoms with Gasteiger partial charge in [-0.1, -0.05) is 51.2 Å². The van der Waals surface area contributed by atoms with Crippen LogP contribution in [0.3, 0.4) is 0 Å². The van der Waals surface area contributed by atoms with Crippen molar-refractivity contribution >= 4 is 11.6 Å². The van der Waals surface area contributed by atoms with E-state index in [0.717, 1.165) is 12.8 Å². The summed E-state index contributed by atoms with van der Waals surface area (Å²) >= 11 is 0. The monoisotopic (exact) mass is 288 g/mol. The molecular weight excluding hydrogens is 260 g/mol. The molecule has 21 heavy (non-hydrogen) atoms. The van der Waals surface area contributed by atoms with Gasteiger partial charge in [-0.15, -0.1) is 0 Å². The molecule has 1 rings (SSSR count). The van der Waals surface area contributed by atoms with Crippen LogP contribution in [0.2, 0.25) is 0 Å². The fraction of sp³-hybridized carbons (Fsp3) is 0.579. The minimum atomic E-state index is 0.00351. The number of rotatable bonds is 8. The number of Topliss-reactive ketones (excluding diaryl/α,β-unsaturated/α-hetero) is 2. The molecule has 0 aromatic carbocycles. The lowest BCUT2D eigenvalue weighted by atomic mass is 9.86. The van der Waals surface area contributed by atoms with Crippen molar-refractivity contribution < 1.29 is 9.59 Å². The lowest BCUT2D eigenvalue weighted by Crippen LogP contribution is -2.19. The molecule has 0 radical (unpaired) electrons. The van der Waals surface area contributed by atoms with E-state index in [9.17, 15) is 9.59 Å². The molecule has 0 aromatic heterocycles. The molecule has 0 amide bonds. The van der Waals surface area contributed by atoms with Gasteiger partial charge in [0.1, 0.15) is 0 Å². The number of unbranched alkanes of at least 4 members (excludes halogenated alkanes) is 6. The van der Waals surface area contributed by atoms with Crippen LogP contribution < -0.4 is 0 Å². The van der Waals surface area contributed by atoms with Gasteiger partial charge in [0.05, 0.1) is 0 Å². The molecular formula is C19H28O2. The second-order valence-electron chi connectivity index (χ2n) is 5.91. The van der Waals surface area contributed by atoms with Gasteiger partial charge in [-0.25, -0.2) is 0 Å². The summed E-state index contributed by atoms with van der Waals surface area (Å²) in [6, 6.07) is 0. The van der Waals surface area contributed by atoms with Crippen LogP contribution >= 0.6 is 0 Å². The number of allylic oxidation sites excluding steroid dienone is 6. The van der Waals surface area contributed by atoms with Gasteiger partial charge in [-0.05, 0) is 33.6 Å². The quantitative estimate of drug-likeness (QED) is 0.460. The predicted molar refractivity (Wildman–Crippen MR) is 88.2 cm³/mol. The van der Waals surface area contributed by atoms with Gasteiger partial charge < -0.3 is 0 Å². The topological polar surface area (TPSA) is 34.1 Å². The Hall–Kier alpha value is -1.44. The molecule has 0 heterocycles. The van der Waals surface area contributed by atoms with E-state index >= 15 is 0 Å². The third-order valence-electron chi connectivity index (χ3n) is 4.24. The molecule has 0 N–H and O–H groups in total. The first-order valence-electron chi connectivity index (χ1n) is 8.15. The first kappa shape index (κ1) is 17.6. The summed E-state index contributed by atoms with van der Waals surface area (Å²) in [6.45, 7) is 7.44. The minimum Gasteiger partial charge on any atom is -0.289 e. The van der Waals surface area contributed by atoms with E-state index < -0.39 is 0 Å². The molecule has 2 nitrogen and oxygen atoms in total. The molecule has 0 bridgehead atoms. The lowest BCUT2D eigenvalue weighted by Gasteiger charge is -2.16. The van der Waals surface area contributed by atoms with E-state index in [1.165, 1.54) is 32.1 Å². The standard InChI is InChI=1S/C19H28O2/c1-5-6-7-8-9-10-11-12-13-17-16(4)18(20)14(2)15(3)19(17)21/h12-13H,5-11H2,1-4H3/b13-12-. The summed E-state index contributed by atoms with van der Waals surface area (Å²) in [7, 11) is 0. The molecule has 0 saturated carbocycles. The van der Waals surface area contributed by atoms with Crippen molar-refractivity contribution in [3.8, 4) is 0 Å². The fourth-order valence-electron chi connectivity index (χ4n) is 2.56. The highest BCUT2D eigenvalue weighted by Crippen LogP contribution is 2.25. The maximum absolute atomic E-state index is 12.2. The van der Waals surface area contributed by atoms with Crippen LogP contribution in [-0.4, -0.2) is 11.6 Å². The summed E-state index contributed by atoms with van der Waals surface area (Å²) in [5.74, 6) is 0.00936. The maximum Gasteiger partial charge on any atom is 0.189 e. The SMILES string of the molecule is CCCCCCCC/C=C\C1=C(C)C(=O)C(C)=C(C)C1=O. The van der Waals surface area contributed by atoms with E-state index in [2.05, 4.69) is 6.92 Å². The van der Waals surface area contributed by atoms with Crippen LogP contribution in [0.5, 0.6) is 0 Å². The van der Waals surface area contributed by atoms with E-state index in [1.54, 1.807) is 20.8 Å². The van der Waals surface area contributed by atoms with E-state index in [1.807, 2.05) is 12.2 Å². The van der Waals surface area contributed by atoms with Crippen LogP contribution in [0, 0.1) is 0 Å². The van der Waals surface area contributed by atoms with E-state index in [-0.39, 0.29) is 11.6 Å². The molecule has 1 aliphatic rings. The number of hydrogen-bond acceptors (Lipinski definition) is 2. The average molecular weight is 288 g/mol. The molecule has 1 aliphatic carbocycles. The van der Waals surface area contributed by atoms with Crippen LogP contribution in [-0.2, 0) is 9.59 Å². The predicted octanol–water partition coefficient (Wildman–Crippen LogP) is 5.10. The Morgan fingerprint density at radius 3 is 2.00 bits per heavy atom. The molecule has 0 atom stereocenters.